The Bertz CT molecular complexity index is 673. The van der Waals surface area contributed by atoms with Gasteiger partial charge in [0.1, 0.15) is 5.54 Å². The van der Waals surface area contributed by atoms with Crippen LogP contribution in [0.15, 0.2) is 24.5 Å². The molecule has 7 nitrogen and oxygen atoms in total. The molecule has 2 fully saturated rings. The van der Waals surface area contributed by atoms with Crippen LogP contribution in [0.2, 0.25) is 0 Å². The molecule has 0 aliphatic carbocycles. The van der Waals surface area contributed by atoms with Crippen molar-refractivity contribution >= 4 is 11.9 Å². The molecule has 3 amide bonds. The van der Waals surface area contributed by atoms with Crippen LogP contribution < -0.4 is 0 Å². The number of imide groups is 1. The van der Waals surface area contributed by atoms with Crippen LogP contribution in [0.5, 0.6) is 0 Å². The van der Waals surface area contributed by atoms with Gasteiger partial charge in [-0.2, -0.15) is 0 Å². The molecule has 0 N–H and O–H groups in total. The van der Waals surface area contributed by atoms with Gasteiger partial charge in [0.15, 0.2) is 0 Å². The summed E-state index contributed by atoms with van der Waals surface area (Å²) in [4.78, 5) is 36.0. The van der Waals surface area contributed by atoms with Crippen molar-refractivity contribution in [2.75, 3.05) is 39.9 Å². The third-order valence-electron chi connectivity index (χ3n) is 6.16. The number of likely N-dealkylation sites (tertiary alicyclic amines) is 1. The van der Waals surface area contributed by atoms with Crippen LogP contribution in [0.3, 0.4) is 0 Å². The standard InChI is InChI=1S/C21H32N4O3/c1-4-25-20(27)24(12-6-8-18-7-5-11-22-15-18)19(26)21(25)9-13-23(14-10-21)17(2)16-28-3/h5,7,11,15,17H,4,6,8-10,12-14,16H2,1-3H3/t17-/m1/s1. The van der Waals surface area contributed by atoms with Crippen molar-refractivity contribution in [2.24, 2.45) is 0 Å². The van der Waals surface area contributed by atoms with Gasteiger partial charge in [-0.25, -0.2) is 4.79 Å². The second-order valence-corrected chi connectivity index (χ2v) is 7.82. The average molecular weight is 389 g/mol. The Kier molecular flexibility index (Phi) is 6.67. The van der Waals surface area contributed by atoms with Gasteiger partial charge in [-0.15, -0.1) is 0 Å². The zero-order valence-corrected chi connectivity index (χ0v) is 17.3. The molecule has 2 aliphatic heterocycles. The fraction of sp³-hybridized carbons (Fsp3) is 0.667. The summed E-state index contributed by atoms with van der Waals surface area (Å²) >= 11 is 0. The topological polar surface area (TPSA) is 66.0 Å². The second kappa shape index (κ2) is 9.01. The summed E-state index contributed by atoms with van der Waals surface area (Å²) in [5.41, 5.74) is 0.466. The number of amides is 3. The first-order valence-electron chi connectivity index (χ1n) is 10.3. The molecule has 3 rings (SSSR count). The highest BCUT2D eigenvalue weighted by Crippen LogP contribution is 2.37. The fourth-order valence-corrected chi connectivity index (χ4v) is 4.57. The number of hydrogen-bond donors (Lipinski definition) is 0. The van der Waals surface area contributed by atoms with Crippen molar-refractivity contribution < 1.29 is 14.3 Å². The molecule has 0 bridgehead atoms. The Hall–Kier alpha value is -1.99. The SMILES string of the molecule is CCN1C(=O)N(CCCc2cccnc2)C(=O)C12CCN([C@H](C)COC)CC2. The number of rotatable bonds is 8. The third kappa shape index (κ3) is 3.91. The third-order valence-corrected chi connectivity index (χ3v) is 6.16. The smallest absolute Gasteiger partial charge is 0.327 e. The predicted octanol–water partition coefficient (Wildman–Crippen LogP) is 2.17. The van der Waals surface area contributed by atoms with Gasteiger partial charge in [0.25, 0.3) is 5.91 Å². The van der Waals surface area contributed by atoms with Crippen LogP contribution in [-0.4, -0.2) is 83.1 Å². The second-order valence-electron chi connectivity index (χ2n) is 7.82. The minimum Gasteiger partial charge on any atom is -0.383 e. The number of carbonyl (C=O) groups excluding carboxylic acids is 2. The molecule has 0 aromatic carbocycles. The summed E-state index contributed by atoms with van der Waals surface area (Å²) in [7, 11) is 1.71. The van der Waals surface area contributed by atoms with Gasteiger partial charge in [-0.1, -0.05) is 6.07 Å². The number of piperidine rings is 1. The van der Waals surface area contributed by atoms with Gasteiger partial charge < -0.3 is 9.64 Å². The van der Waals surface area contributed by atoms with E-state index in [-0.39, 0.29) is 11.9 Å². The highest BCUT2D eigenvalue weighted by Gasteiger charge is 2.57. The molecule has 28 heavy (non-hydrogen) atoms. The van der Waals surface area contributed by atoms with E-state index >= 15 is 0 Å². The zero-order valence-electron chi connectivity index (χ0n) is 17.3. The van der Waals surface area contributed by atoms with Crippen molar-refractivity contribution in [1.29, 1.82) is 0 Å². The Morgan fingerprint density at radius 2 is 2.04 bits per heavy atom. The van der Waals surface area contributed by atoms with Gasteiger partial charge >= 0.3 is 6.03 Å². The van der Waals surface area contributed by atoms with Crippen LogP contribution in [0.4, 0.5) is 4.79 Å². The Labute approximate surface area is 167 Å². The quantitative estimate of drug-likeness (QED) is 0.639. The Morgan fingerprint density at radius 3 is 2.64 bits per heavy atom. The lowest BCUT2D eigenvalue weighted by atomic mass is 9.85. The van der Waals surface area contributed by atoms with E-state index in [0.29, 0.717) is 38.6 Å². The van der Waals surface area contributed by atoms with E-state index in [1.807, 2.05) is 25.3 Å². The first kappa shape index (κ1) is 20.7. The maximum atomic E-state index is 13.3. The molecule has 3 heterocycles. The highest BCUT2D eigenvalue weighted by atomic mass is 16.5. The summed E-state index contributed by atoms with van der Waals surface area (Å²) in [6.45, 7) is 7.44. The monoisotopic (exact) mass is 388 g/mol. The van der Waals surface area contributed by atoms with Crippen LogP contribution in [0.25, 0.3) is 0 Å². The average Bonchev–Trinajstić information content (AvgIpc) is 2.90. The van der Waals surface area contributed by atoms with Gasteiger partial charge in [-0.05, 0) is 51.2 Å². The van der Waals surface area contributed by atoms with Crippen LogP contribution in [0, 0.1) is 0 Å². The number of likely N-dealkylation sites (N-methyl/N-ethyl adjacent to an activating group) is 1. The number of ether oxygens (including phenoxy) is 1. The molecular weight excluding hydrogens is 356 g/mol. The predicted molar refractivity (Wildman–Crippen MR) is 107 cm³/mol. The molecule has 1 atom stereocenters. The number of aromatic nitrogens is 1. The van der Waals surface area contributed by atoms with E-state index < -0.39 is 5.54 Å². The number of aryl methyl sites for hydroxylation is 1. The number of urea groups is 1. The van der Waals surface area contributed by atoms with Gasteiger partial charge in [0.05, 0.1) is 6.61 Å². The first-order chi connectivity index (χ1) is 13.5. The number of pyridine rings is 1. The lowest BCUT2D eigenvalue weighted by Gasteiger charge is -2.43. The van der Waals surface area contributed by atoms with E-state index in [2.05, 4.69) is 16.8 Å². The number of hydrogen-bond acceptors (Lipinski definition) is 5. The lowest BCUT2D eigenvalue weighted by molar-refractivity contribution is -0.136. The van der Waals surface area contributed by atoms with E-state index in [4.69, 9.17) is 4.74 Å². The van der Waals surface area contributed by atoms with Crippen LogP contribution >= 0.6 is 0 Å². The largest absolute Gasteiger partial charge is 0.383 e. The zero-order chi connectivity index (χ0) is 20.1. The van der Waals surface area contributed by atoms with Crippen molar-refractivity contribution in [3.63, 3.8) is 0 Å². The molecule has 1 aromatic heterocycles. The highest BCUT2D eigenvalue weighted by molar-refractivity contribution is 6.07. The summed E-state index contributed by atoms with van der Waals surface area (Å²) in [5, 5.41) is 0. The van der Waals surface area contributed by atoms with Gasteiger partial charge in [-0.3, -0.25) is 19.6 Å². The maximum Gasteiger partial charge on any atom is 0.327 e. The molecule has 0 saturated carbocycles. The molecule has 0 unspecified atom stereocenters. The number of nitrogens with zero attached hydrogens (tertiary/aromatic N) is 4. The van der Waals surface area contributed by atoms with Gasteiger partial charge in [0, 0.05) is 51.7 Å². The van der Waals surface area contributed by atoms with Crippen molar-refractivity contribution in [3.8, 4) is 0 Å². The van der Waals surface area contributed by atoms with Crippen molar-refractivity contribution in [2.45, 2.75) is 51.1 Å². The molecule has 1 aromatic rings. The van der Waals surface area contributed by atoms with E-state index in [1.165, 1.54) is 4.90 Å². The summed E-state index contributed by atoms with van der Waals surface area (Å²) < 4.78 is 5.27. The van der Waals surface area contributed by atoms with E-state index in [9.17, 15) is 9.59 Å². The molecule has 7 heteroatoms. The Morgan fingerprint density at radius 1 is 1.29 bits per heavy atom. The first-order valence-corrected chi connectivity index (χ1v) is 10.3. The Balaban J connectivity index is 1.64. The molecule has 2 saturated heterocycles. The van der Waals surface area contributed by atoms with Gasteiger partial charge in [0.2, 0.25) is 0 Å². The molecule has 1 spiro atoms. The summed E-state index contributed by atoms with van der Waals surface area (Å²) in [5.74, 6) is -0.00965. The summed E-state index contributed by atoms with van der Waals surface area (Å²) in [6.07, 6.45) is 6.54. The van der Waals surface area contributed by atoms with Crippen molar-refractivity contribution in [3.05, 3.63) is 30.1 Å². The molecular formula is C21H32N4O3. The van der Waals surface area contributed by atoms with E-state index in [0.717, 1.165) is 31.5 Å². The van der Waals surface area contributed by atoms with E-state index in [1.54, 1.807) is 18.2 Å². The number of carbonyl (C=O) groups is 2. The minimum absolute atomic E-state index is 0.00965. The van der Waals surface area contributed by atoms with Crippen LogP contribution in [0.1, 0.15) is 38.7 Å². The maximum absolute atomic E-state index is 13.3. The van der Waals surface area contributed by atoms with Crippen LogP contribution in [-0.2, 0) is 16.0 Å². The molecule has 2 aliphatic rings. The normalized spacial score (nSPS) is 21.0. The van der Waals surface area contributed by atoms with Crippen molar-refractivity contribution in [1.82, 2.24) is 19.7 Å². The number of methoxy groups -OCH3 is 1. The fourth-order valence-electron chi connectivity index (χ4n) is 4.57. The lowest BCUT2D eigenvalue weighted by Crippen LogP contribution is -2.58. The molecule has 154 valence electrons. The molecule has 0 radical (unpaired) electrons. The summed E-state index contributed by atoms with van der Waals surface area (Å²) in [6, 6.07) is 4.13. The minimum atomic E-state index is -0.663.